The Hall–Kier alpha value is -1.73. The van der Waals surface area contributed by atoms with Crippen molar-refractivity contribution < 1.29 is 12.9 Å². The van der Waals surface area contributed by atoms with Gasteiger partial charge >= 0.3 is 0 Å². The molecule has 1 aliphatic heterocycles. The van der Waals surface area contributed by atoms with E-state index in [1.807, 2.05) is 6.07 Å². The number of piperidine rings is 1. The third-order valence-electron chi connectivity index (χ3n) is 4.75. The lowest BCUT2D eigenvalue weighted by atomic mass is 9.96. The highest BCUT2D eigenvalue weighted by molar-refractivity contribution is 7.89. The Bertz CT molecular complexity index is 799. The molecule has 2 heterocycles. The molecule has 1 saturated carbocycles. The van der Waals surface area contributed by atoms with Crippen LogP contribution >= 0.6 is 0 Å². The van der Waals surface area contributed by atoms with Crippen molar-refractivity contribution in [3.05, 3.63) is 42.0 Å². The largest absolute Gasteiger partial charge is 0.339 e. The Labute approximate surface area is 141 Å². The SMILES string of the molecule is O=S(=O)(c1ccccc1)N1CCC[C@@H](Cc2nc(C3CC3)no2)C1. The van der Waals surface area contributed by atoms with Gasteiger partial charge in [-0.15, -0.1) is 0 Å². The number of nitrogens with zero attached hydrogens (tertiary/aromatic N) is 3. The van der Waals surface area contributed by atoms with Crippen molar-refractivity contribution in [1.82, 2.24) is 14.4 Å². The fourth-order valence-electron chi connectivity index (χ4n) is 3.26. The molecule has 2 fully saturated rings. The first-order valence-corrected chi connectivity index (χ1v) is 9.94. The summed E-state index contributed by atoms with van der Waals surface area (Å²) in [7, 11) is -3.42. The topological polar surface area (TPSA) is 76.3 Å². The van der Waals surface area contributed by atoms with Crippen LogP contribution in [0, 0.1) is 5.92 Å². The fourth-order valence-corrected chi connectivity index (χ4v) is 4.83. The van der Waals surface area contributed by atoms with E-state index in [2.05, 4.69) is 10.1 Å². The van der Waals surface area contributed by atoms with Crippen molar-refractivity contribution >= 4 is 10.0 Å². The number of aromatic nitrogens is 2. The van der Waals surface area contributed by atoms with Crippen molar-refractivity contribution in [1.29, 1.82) is 0 Å². The van der Waals surface area contributed by atoms with Gasteiger partial charge in [-0.1, -0.05) is 23.4 Å². The third kappa shape index (κ3) is 3.23. The lowest BCUT2D eigenvalue weighted by molar-refractivity contribution is 0.247. The van der Waals surface area contributed by atoms with Crippen molar-refractivity contribution in [2.24, 2.45) is 5.92 Å². The summed E-state index contributed by atoms with van der Waals surface area (Å²) in [6.45, 7) is 1.09. The van der Waals surface area contributed by atoms with Crippen LogP contribution < -0.4 is 0 Å². The number of benzene rings is 1. The van der Waals surface area contributed by atoms with Gasteiger partial charge in [-0.3, -0.25) is 0 Å². The molecule has 6 nitrogen and oxygen atoms in total. The average Bonchev–Trinajstić information content (AvgIpc) is 3.36. The predicted molar refractivity (Wildman–Crippen MR) is 87.9 cm³/mol. The van der Waals surface area contributed by atoms with Gasteiger partial charge < -0.3 is 4.52 Å². The molecule has 7 heteroatoms. The van der Waals surface area contributed by atoms with Crippen molar-refractivity contribution in [3.63, 3.8) is 0 Å². The Balaban J connectivity index is 1.45. The Morgan fingerprint density at radius 2 is 1.96 bits per heavy atom. The summed E-state index contributed by atoms with van der Waals surface area (Å²) >= 11 is 0. The molecule has 4 rings (SSSR count). The maximum Gasteiger partial charge on any atom is 0.243 e. The van der Waals surface area contributed by atoms with Crippen molar-refractivity contribution in [2.75, 3.05) is 13.1 Å². The molecule has 2 aromatic rings. The molecule has 1 saturated heterocycles. The number of rotatable bonds is 5. The van der Waals surface area contributed by atoms with Crippen LogP contribution in [-0.2, 0) is 16.4 Å². The van der Waals surface area contributed by atoms with Crippen LogP contribution in [0.5, 0.6) is 0 Å². The molecule has 24 heavy (non-hydrogen) atoms. The number of sulfonamides is 1. The van der Waals surface area contributed by atoms with Gasteiger partial charge in [0.15, 0.2) is 5.82 Å². The summed E-state index contributed by atoms with van der Waals surface area (Å²) in [6, 6.07) is 8.64. The molecular weight excluding hydrogens is 326 g/mol. The van der Waals surface area contributed by atoms with E-state index in [1.165, 1.54) is 0 Å². The Morgan fingerprint density at radius 3 is 2.71 bits per heavy atom. The van der Waals surface area contributed by atoms with Gasteiger partial charge in [-0.25, -0.2) is 8.42 Å². The summed E-state index contributed by atoms with van der Waals surface area (Å²) in [4.78, 5) is 4.83. The van der Waals surface area contributed by atoms with Gasteiger partial charge in [0, 0.05) is 25.4 Å². The first-order valence-electron chi connectivity index (χ1n) is 8.50. The van der Waals surface area contributed by atoms with Crippen LogP contribution in [-0.4, -0.2) is 36.0 Å². The summed E-state index contributed by atoms with van der Waals surface area (Å²) < 4.78 is 32.5. The van der Waals surface area contributed by atoms with E-state index in [0.717, 1.165) is 31.5 Å². The summed E-state index contributed by atoms with van der Waals surface area (Å²) in [5.74, 6) is 2.16. The molecule has 0 radical (unpaired) electrons. The molecule has 0 amide bonds. The minimum atomic E-state index is -3.42. The fraction of sp³-hybridized carbons (Fsp3) is 0.529. The zero-order chi connectivity index (χ0) is 16.6. The molecule has 128 valence electrons. The van der Waals surface area contributed by atoms with Gasteiger partial charge in [0.25, 0.3) is 0 Å². The predicted octanol–water partition coefficient (Wildman–Crippen LogP) is 2.59. The Morgan fingerprint density at radius 1 is 1.17 bits per heavy atom. The normalized spacial score (nSPS) is 22.6. The number of hydrogen-bond acceptors (Lipinski definition) is 5. The summed E-state index contributed by atoms with van der Waals surface area (Å²) in [5.41, 5.74) is 0. The van der Waals surface area contributed by atoms with E-state index in [9.17, 15) is 8.42 Å². The maximum absolute atomic E-state index is 12.8. The highest BCUT2D eigenvalue weighted by Crippen LogP contribution is 2.38. The van der Waals surface area contributed by atoms with Crippen LogP contribution in [0.2, 0.25) is 0 Å². The second-order valence-electron chi connectivity index (χ2n) is 6.71. The number of hydrogen-bond donors (Lipinski definition) is 0. The van der Waals surface area contributed by atoms with Crippen LogP contribution in [0.1, 0.15) is 43.3 Å². The smallest absolute Gasteiger partial charge is 0.243 e. The van der Waals surface area contributed by atoms with Gasteiger partial charge in [0.1, 0.15) is 0 Å². The maximum atomic E-state index is 12.8. The van der Waals surface area contributed by atoms with Gasteiger partial charge in [0.2, 0.25) is 15.9 Å². The van der Waals surface area contributed by atoms with E-state index in [0.29, 0.717) is 36.2 Å². The minimum absolute atomic E-state index is 0.227. The zero-order valence-corrected chi connectivity index (χ0v) is 14.3. The standard InChI is InChI=1S/C17H21N3O3S/c21-24(22,15-6-2-1-3-7-15)20-10-4-5-13(12-20)11-16-18-17(19-23-16)14-8-9-14/h1-3,6-7,13-14H,4-5,8-12H2/t13-/m0/s1. The molecule has 1 aromatic carbocycles. The zero-order valence-electron chi connectivity index (χ0n) is 13.5. The molecule has 1 aliphatic carbocycles. The van der Waals surface area contributed by atoms with E-state index in [-0.39, 0.29) is 5.92 Å². The highest BCUT2D eigenvalue weighted by Gasteiger charge is 2.32. The van der Waals surface area contributed by atoms with E-state index >= 15 is 0 Å². The quantitative estimate of drug-likeness (QED) is 0.831. The second kappa shape index (κ2) is 6.29. The van der Waals surface area contributed by atoms with Gasteiger partial charge in [0.05, 0.1) is 4.90 Å². The third-order valence-corrected chi connectivity index (χ3v) is 6.63. The van der Waals surface area contributed by atoms with Gasteiger partial charge in [-0.2, -0.15) is 9.29 Å². The molecule has 0 bridgehead atoms. The molecule has 0 unspecified atom stereocenters. The Kier molecular flexibility index (Phi) is 4.14. The van der Waals surface area contributed by atoms with E-state index in [1.54, 1.807) is 28.6 Å². The highest BCUT2D eigenvalue weighted by atomic mass is 32.2. The lowest BCUT2D eigenvalue weighted by Crippen LogP contribution is -2.40. The van der Waals surface area contributed by atoms with Crippen LogP contribution in [0.4, 0.5) is 0 Å². The second-order valence-corrected chi connectivity index (χ2v) is 8.65. The average molecular weight is 347 g/mol. The van der Waals surface area contributed by atoms with E-state index in [4.69, 9.17) is 4.52 Å². The summed E-state index contributed by atoms with van der Waals surface area (Å²) in [6.07, 6.45) is 4.79. The van der Waals surface area contributed by atoms with Crippen LogP contribution in [0.3, 0.4) is 0 Å². The van der Waals surface area contributed by atoms with Crippen molar-refractivity contribution in [3.8, 4) is 0 Å². The molecule has 2 aliphatic rings. The first-order chi connectivity index (χ1) is 11.6. The first kappa shape index (κ1) is 15.8. The summed E-state index contributed by atoms with van der Waals surface area (Å²) in [5, 5.41) is 4.04. The molecule has 0 spiro atoms. The van der Waals surface area contributed by atoms with Crippen molar-refractivity contribution in [2.45, 2.75) is 42.9 Å². The molecule has 0 N–H and O–H groups in total. The van der Waals surface area contributed by atoms with Gasteiger partial charge in [-0.05, 0) is 43.7 Å². The molecule has 1 atom stereocenters. The minimum Gasteiger partial charge on any atom is -0.339 e. The lowest BCUT2D eigenvalue weighted by Gasteiger charge is -2.31. The monoisotopic (exact) mass is 347 g/mol. The molecular formula is C17H21N3O3S. The van der Waals surface area contributed by atoms with Crippen LogP contribution in [0.25, 0.3) is 0 Å². The molecule has 1 aromatic heterocycles. The van der Waals surface area contributed by atoms with Crippen LogP contribution in [0.15, 0.2) is 39.8 Å². The van der Waals surface area contributed by atoms with E-state index < -0.39 is 10.0 Å².